The van der Waals surface area contributed by atoms with E-state index < -0.39 is 122 Å². The monoisotopic (exact) mass is 926 g/mol. The summed E-state index contributed by atoms with van der Waals surface area (Å²) in [4.78, 5) is 62.1. The second-order valence-corrected chi connectivity index (χ2v) is 23.9. The average molecular weight is 927 g/mol. The van der Waals surface area contributed by atoms with Gasteiger partial charge in [-0.25, -0.2) is 29.0 Å². The molecule has 4 aliphatic rings. The minimum atomic E-state index is -4.92. The molecule has 6 heterocycles. The number of fused-ring (bicyclic) bond motifs is 4. The largest absolute Gasteiger partial charge is 0.478 e. The Morgan fingerprint density at radius 1 is 1.00 bits per heavy atom. The first-order chi connectivity index (χ1) is 29.1. The number of nitrogens with one attached hydrogen (secondary N) is 1. The predicted octanol–water partition coefficient (Wildman–Crippen LogP) is 2.90. The number of nitrogens with two attached hydrogens (primary N) is 2. The number of hydrogen-bond acceptors (Lipinski definition) is 22. The van der Waals surface area contributed by atoms with E-state index in [9.17, 15) is 19.5 Å². The Kier molecular flexibility index (Phi) is 11.4. The third kappa shape index (κ3) is 7.83. The van der Waals surface area contributed by atoms with Crippen LogP contribution >= 0.6 is 25.8 Å². The van der Waals surface area contributed by atoms with Crippen LogP contribution in [0.5, 0.6) is 0 Å². The molecule has 8 rings (SSSR count). The van der Waals surface area contributed by atoms with Gasteiger partial charge in [-0.2, -0.15) is 4.98 Å². The molecule has 27 heteroatoms. The van der Waals surface area contributed by atoms with Crippen LogP contribution in [0.2, 0.25) is 0 Å². The Hall–Kier alpha value is -4.03. The van der Waals surface area contributed by atoms with Crippen molar-refractivity contribution in [3.05, 3.63) is 29.3 Å². The maximum atomic E-state index is 15.8. The molecular formula is C35H48N10O14P2S. The number of aromatic amines is 1. The molecule has 1 spiro atoms. The van der Waals surface area contributed by atoms with Gasteiger partial charge >= 0.3 is 19.8 Å². The molecule has 2 aliphatic carbocycles. The van der Waals surface area contributed by atoms with Crippen LogP contribution < -0.4 is 17.0 Å². The highest BCUT2D eigenvalue weighted by molar-refractivity contribution is 8.56. The van der Waals surface area contributed by atoms with Crippen LogP contribution in [0.1, 0.15) is 60.2 Å². The van der Waals surface area contributed by atoms with Gasteiger partial charge < -0.3 is 44.6 Å². The maximum Gasteiger partial charge on any atom is 0.478 e. The molecule has 11 atom stereocenters. The highest BCUT2D eigenvalue weighted by Gasteiger charge is 2.77. The summed E-state index contributed by atoms with van der Waals surface area (Å²) in [6.07, 6.45) is -2.43. The Morgan fingerprint density at radius 2 is 1.69 bits per heavy atom. The first-order valence-corrected chi connectivity index (χ1v) is 24.2. The number of carbonyl (C=O) groups is 2. The van der Waals surface area contributed by atoms with E-state index in [4.69, 9.17) is 48.5 Å². The Morgan fingerprint density at radius 3 is 2.40 bits per heavy atom. The minimum Gasteiger partial charge on any atom is -0.454 e. The first-order valence-electron chi connectivity index (χ1n) is 19.4. The average Bonchev–Trinajstić information content (AvgIpc) is 3.52. The molecule has 0 amide bonds. The van der Waals surface area contributed by atoms with Gasteiger partial charge in [0.05, 0.1) is 54.5 Å². The number of nitrogen functional groups attached to an aromatic ring is 2. The molecule has 1 unspecified atom stereocenters. The molecule has 62 heavy (non-hydrogen) atoms. The molecule has 2 aliphatic heterocycles. The second-order valence-electron chi connectivity index (χ2n) is 17.6. The number of aliphatic hydroxyl groups is 1. The van der Waals surface area contributed by atoms with Gasteiger partial charge in [0.2, 0.25) is 12.7 Å². The topological polar surface area (TPSA) is 322 Å². The molecule has 2 bridgehead atoms. The van der Waals surface area contributed by atoms with E-state index in [2.05, 4.69) is 29.9 Å². The zero-order valence-corrected chi connectivity index (χ0v) is 37.3. The number of methoxy groups -OCH3 is 1. The summed E-state index contributed by atoms with van der Waals surface area (Å²) in [5, 5.41) is 12.5. The molecular weight excluding hydrogens is 878 g/mol. The Bertz CT molecular complexity index is 2560. The summed E-state index contributed by atoms with van der Waals surface area (Å²) < 4.78 is 81.8. The highest BCUT2D eigenvalue weighted by atomic mass is 32.7. The van der Waals surface area contributed by atoms with Crippen LogP contribution in [0.25, 0.3) is 22.3 Å². The fourth-order valence-electron chi connectivity index (χ4n) is 8.26. The second kappa shape index (κ2) is 15.9. The highest BCUT2D eigenvalue weighted by Crippen LogP contribution is 2.82. The third-order valence-corrected chi connectivity index (χ3v) is 17.7. The van der Waals surface area contributed by atoms with Crippen molar-refractivity contribution in [3.63, 3.8) is 0 Å². The molecule has 4 aromatic rings. The maximum absolute atomic E-state index is 15.8. The van der Waals surface area contributed by atoms with Gasteiger partial charge in [-0.05, 0) is 65.3 Å². The van der Waals surface area contributed by atoms with E-state index in [1.54, 1.807) is 46.1 Å². The number of phosphoric ester groups is 1. The predicted molar refractivity (Wildman–Crippen MR) is 218 cm³/mol. The van der Waals surface area contributed by atoms with Crippen molar-refractivity contribution in [3.8, 4) is 0 Å². The number of aliphatic hydroxyl groups excluding tert-OH is 1. The molecule has 4 fully saturated rings. The summed E-state index contributed by atoms with van der Waals surface area (Å²) in [6.45, 7) is 3.68. The van der Waals surface area contributed by atoms with Crippen molar-refractivity contribution < 1.29 is 60.9 Å². The standard InChI is InChI=1S/C35H48N10O14P2S/c1-33(2,3)30(48)53-14-57-61(51)56-10-35-8-16(35)20(44-12-40-18-25(36)38-11-39-26(18)44)21(46)24(35)60(50,62-15-54-31(49)34(4,5)6)55-9-17-22(52-7)23(59-61)29(58-17)45-13-41-19-27(45)42-32(37)43-28(19)47/h11-13,16-17,20-24,29,46H,8-10,14-15H2,1-7H3,(H2,36,38,39)(H3,37,42,43,47)/t16-,17-,20-,21+,22-,23-,24+,29-,35?,60+,61-/m1/s1. The van der Waals surface area contributed by atoms with Crippen molar-refractivity contribution in [2.24, 2.45) is 22.2 Å². The molecule has 2 saturated carbocycles. The van der Waals surface area contributed by atoms with E-state index in [1.807, 2.05) is 0 Å². The Labute approximate surface area is 357 Å². The molecule has 2 saturated heterocycles. The zero-order valence-electron chi connectivity index (χ0n) is 34.7. The van der Waals surface area contributed by atoms with Gasteiger partial charge in [-0.3, -0.25) is 37.5 Å². The molecule has 24 nitrogen and oxygen atoms in total. The van der Waals surface area contributed by atoms with Gasteiger partial charge in [-0.1, -0.05) is 0 Å². The lowest BCUT2D eigenvalue weighted by Crippen LogP contribution is -2.40. The number of imidazole rings is 2. The summed E-state index contributed by atoms with van der Waals surface area (Å²) in [6, 6.07) is -0.849. The van der Waals surface area contributed by atoms with E-state index in [0.717, 1.165) is 0 Å². The van der Waals surface area contributed by atoms with E-state index in [-0.39, 0.29) is 34.9 Å². The number of phosphoric acid groups is 1. The summed E-state index contributed by atoms with van der Waals surface area (Å²) >= 11 is 0.705. The van der Waals surface area contributed by atoms with E-state index in [0.29, 0.717) is 17.0 Å². The lowest BCUT2D eigenvalue weighted by atomic mass is 9.98. The molecule has 0 aromatic carbocycles. The number of ether oxygens (including phenoxy) is 4. The Balaban J connectivity index is 1.22. The number of carbonyl (C=O) groups excluding carboxylic acids is 2. The van der Waals surface area contributed by atoms with Crippen molar-refractivity contribution in [2.45, 2.75) is 90.3 Å². The lowest BCUT2D eigenvalue weighted by Gasteiger charge is -2.36. The van der Waals surface area contributed by atoms with Gasteiger partial charge in [0.25, 0.3) is 12.1 Å². The summed E-state index contributed by atoms with van der Waals surface area (Å²) in [5.41, 5.74) is 7.38. The lowest BCUT2D eigenvalue weighted by molar-refractivity contribution is -0.161. The van der Waals surface area contributed by atoms with Gasteiger partial charge in [0.15, 0.2) is 28.9 Å². The van der Waals surface area contributed by atoms with Crippen molar-refractivity contribution in [1.29, 1.82) is 0 Å². The number of esters is 2. The van der Waals surface area contributed by atoms with Crippen LogP contribution in [0.15, 0.2) is 23.8 Å². The van der Waals surface area contributed by atoms with Crippen LogP contribution in [0.4, 0.5) is 11.8 Å². The number of H-pyrrole nitrogens is 1. The van der Waals surface area contributed by atoms with Crippen LogP contribution in [0, 0.1) is 22.2 Å². The summed E-state index contributed by atoms with van der Waals surface area (Å²) in [5.74, 6) is -2.36. The normalized spacial score (nSPS) is 33.7. The van der Waals surface area contributed by atoms with Gasteiger partial charge in [0.1, 0.15) is 36.1 Å². The number of hydrogen-bond donors (Lipinski definition) is 4. The van der Waals surface area contributed by atoms with Crippen LogP contribution in [-0.4, -0.2) is 119 Å². The number of aromatic nitrogens is 8. The smallest absolute Gasteiger partial charge is 0.454 e. The molecule has 0 radical (unpaired) electrons. The summed E-state index contributed by atoms with van der Waals surface area (Å²) in [7, 11) is -3.61. The number of nitrogens with zero attached hydrogens (tertiary/aromatic N) is 7. The van der Waals surface area contributed by atoms with Crippen LogP contribution in [0.3, 0.4) is 0 Å². The van der Waals surface area contributed by atoms with Crippen molar-refractivity contribution >= 4 is 71.8 Å². The fraction of sp³-hybridized carbons (Fsp3) is 0.657. The minimum absolute atomic E-state index is 0.0364. The van der Waals surface area contributed by atoms with Crippen molar-refractivity contribution in [2.75, 3.05) is 44.5 Å². The molecule has 338 valence electrons. The molecule has 6 N–H and O–H groups in total. The van der Waals surface area contributed by atoms with Crippen molar-refractivity contribution in [1.82, 2.24) is 39.0 Å². The number of anilines is 2. The quantitative estimate of drug-likeness (QED) is 0.106. The fourth-order valence-corrected chi connectivity index (χ4v) is 14.7. The molecule has 4 aromatic heterocycles. The van der Waals surface area contributed by atoms with Crippen LogP contribution in [-0.2, 0) is 55.8 Å². The SMILES string of the molecule is CO[C@H]1[C@H]2O[P@@](=O)(OCOC(=O)C(C)(C)C)OCC34C[C@@H]3[C@@H](n3cnc5c(N)ncnc53)[C@H](O)[C@@H]4[P@@](=O)(SCOC(=O)C(C)(C)C)OC[C@H]1O[C@H]2n1cnc2c(=O)[nH]c(N)nc21. The number of rotatable bonds is 9. The third-order valence-electron chi connectivity index (χ3n) is 11.4. The first kappa shape index (κ1) is 44.6. The zero-order chi connectivity index (χ0) is 44.7. The van der Waals surface area contributed by atoms with E-state index in [1.165, 1.54) is 30.7 Å². The van der Waals surface area contributed by atoms with Gasteiger partial charge in [0, 0.05) is 12.5 Å². The van der Waals surface area contributed by atoms with E-state index >= 15 is 9.13 Å². The van der Waals surface area contributed by atoms with Gasteiger partial charge in [-0.15, -0.1) is 0 Å².